The van der Waals surface area contributed by atoms with E-state index in [0.717, 1.165) is 11.3 Å². The Bertz CT molecular complexity index is 1590. The van der Waals surface area contributed by atoms with Crippen molar-refractivity contribution in [3.63, 3.8) is 0 Å². The Morgan fingerprint density at radius 3 is 2.36 bits per heavy atom. The highest BCUT2D eigenvalue weighted by Crippen LogP contribution is 2.34. The van der Waals surface area contributed by atoms with Gasteiger partial charge in [0, 0.05) is 11.8 Å². The summed E-state index contributed by atoms with van der Waals surface area (Å²) in [5, 5.41) is 5.56. The molecule has 1 fully saturated rings. The third-order valence-corrected chi connectivity index (χ3v) is 6.83. The molecule has 42 heavy (non-hydrogen) atoms. The van der Waals surface area contributed by atoms with Gasteiger partial charge in [0.2, 0.25) is 0 Å². The zero-order chi connectivity index (χ0) is 30.4. The van der Waals surface area contributed by atoms with Crippen LogP contribution in [0, 0.1) is 0 Å². The third-order valence-electron chi connectivity index (χ3n) is 5.80. The molecule has 3 aromatic rings. The molecule has 0 bridgehead atoms. The molecule has 3 aromatic carbocycles. The lowest BCUT2D eigenvalue weighted by molar-refractivity contribution is -0.122. The van der Waals surface area contributed by atoms with Crippen LogP contribution in [-0.2, 0) is 14.4 Å². The van der Waals surface area contributed by atoms with E-state index >= 15 is 0 Å². The highest BCUT2D eigenvalue weighted by atomic mass is 35.5. The SMILES string of the molecule is CCCOc1ccc(N2C(=O)NC(=O)/C(=C/c3ccc(OCC(=O)Nc4ccc(Cl)c(Cl)c4)c(Cl)c3)C2=O)cc1OC. The van der Waals surface area contributed by atoms with E-state index in [1.807, 2.05) is 6.92 Å². The summed E-state index contributed by atoms with van der Waals surface area (Å²) in [5.74, 6) is -1.22. The summed E-state index contributed by atoms with van der Waals surface area (Å²) in [7, 11) is 1.43. The molecule has 0 saturated carbocycles. The molecule has 0 unspecified atom stereocenters. The summed E-state index contributed by atoms with van der Waals surface area (Å²) >= 11 is 18.2. The van der Waals surface area contributed by atoms with E-state index in [-0.39, 0.29) is 33.7 Å². The minimum absolute atomic E-state index is 0.121. The fourth-order valence-corrected chi connectivity index (χ4v) is 4.37. The molecule has 2 N–H and O–H groups in total. The van der Waals surface area contributed by atoms with Crippen molar-refractivity contribution in [2.45, 2.75) is 13.3 Å². The summed E-state index contributed by atoms with van der Waals surface area (Å²) in [6.45, 7) is 2.05. The maximum Gasteiger partial charge on any atom is 0.335 e. The summed E-state index contributed by atoms with van der Waals surface area (Å²) in [5.41, 5.74) is 0.692. The Morgan fingerprint density at radius 2 is 1.67 bits per heavy atom. The van der Waals surface area contributed by atoms with E-state index in [1.165, 1.54) is 49.6 Å². The number of hydrogen-bond acceptors (Lipinski definition) is 7. The first kappa shape index (κ1) is 30.7. The van der Waals surface area contributed by atoms with Crippen LogP contribution in [0.2, 0.25) is 15.1 Å². The van der Waals surface area contributed by atoms with Gasteiger partial charge >= 0.3 is 6.03 Å². The second-order valence-electron chi connectivity index (χ2n) is 8.80. The highest BCUT2D eigenvalue weighted by Gasteiger charge is 2.37. The molecule has 4 rings (SSSR count). The lowest BCUT2D eigenvalue weighted by atomic mass is 10.1. The monoisotopic (exact) mass is 631 g/mol. The van der Waals surface area contributed by atoms with Gasteiger partial charge in [-0.25, -0.2) is 9.69 Å². The fraction of sp³-hybridized carbons (Fsp3) is 0.172. The Labute approximate surface area is 256 Å². The van der Waals surface area contributed by atoms with Gasteiger partial charge in [0.25, 0.3) is 17.7 Å². The number of benzene rings is 3. The third kappa shape index (κ3) is 7.14. The van der Waals surface area contributed by atoms with Crippen molar-refractivity contribution in [3.05, 3.63) is 80.8 Å². The lowest BCUT2D eigenvalue weighted by Gasteiger charge is -2.27. The van der Waals surface area contributed by atoms with Gasteiger partial charge in [-0.15, -0.1) is 0 Å². The van der Waals surface area contributed by atoms with E-state index in [4.69, 9.17) is 49.0 Å². The number of anilines is 2. The quantitative estimate of drug-likeness (QED) is 0.204. The van der Waals surface area contributed by atoms with Crippen molar-refractivity contribution in [3.8, 4) is 17.2 Å². The zero-order valence-electron chi connectivity index (χ0n) is 22.3. The van der Waals surface area contributed by atoms with Crippen molar-refractivity contribution < 1.29 is 33.4 Å². The molecule has 0 aromatic heterocycles. The number of carbonyl (C=O) groups is 4. The summed E-state index contributed by atoms with van der Waals surface area (Å²) in [4.78, 5) is 51.7. The molecular formula is C29H24Cl3N3O7. The second-order valence-corrected chi connectivity index (χ2v) is 10.0. The number of rotatable bonds is 10. The average molecular weight is 633 g/mol. The molecule has 1 aliphatic rings. The number of methoxy groups -OCH3 is 1. The molecule has 0 radical (unpaired) electrons. The maximum absolute atomic E-state index is 13.3. The van der Waals surface area contributed by atoms with E-state index < -0.39 is 23.8 Å². The van der Waals surface area contributed by atoms with Crippen LogP contribution >= 0.6 is 34.8 Å². The number of amides is 5. The predicted octanol–water partition coefficient (Wildman–Crippen LogP) is 6.13. The number of carbonyl (C=O) groups excluding carboxylic acids is 4. The molecule has 0 atom stereocenters. The molecular weight excluding hydrogens is 609 g/mol. The van der Waals surface area contributed by atoms with Crippen LogP contribution in [0.4, 0.5) is 16.2 Å². The molecule has 13 heteroatoms. The summed E-state index contributed by atoms with van der Waals surface area (Å²) in [6, 6.07) is 12.8. The van der Waals surface area contributed by atoms with Crippen LogP contribution in [0.3, 0.4) is 0 Å². The van der Waals surface area contributed by atoms with E-state index in [2.05, 4.69) is 10.6 Å². The molecule has 218 valence electrons. The Kier molecular flexibility index (Phi) is 9.95. The number of barbiturate groups is 1. The first-order valence-electron chi connectivity index (χ1n) is 12.5. The van der Waals surface area contributed by atoms with Crippen LogP contribution in [0.15, 0.2) is 60.2 Å². The van der Waals surface area contributed by atoms with Gasteiger partial charge in [-0.1, -0.05) is 47.8 Å². The first-order chi connectivity index (χ1) is 20.1. The molecule has 0 aliphatic carbocycles. The molecule has 1 saturated heterocycles. The molecule has 1 heterocycles. The van der Waals surface area contributed by atoms with Crippen molar-refractivity contribution >= 4 is 76.0 Å². The number of ether oxygens (including phenoxy) is 3. The Morgan fingerprint density at radius 1 is 0.905 bits per heavy atom. The minimum Gasteiger partial charge on any atom is -0.493 e. The molecule has 10 nitrogen and oxygen atoms in total. The van der Waals surface area contributed by atoms with Crippen molar-refractivity contribution in [1.82, 2.24) is 5.32 Å². The molecule has 5 amide bonds. The number of hydrogen-bond donors (Lipinski definition) is 2. The highest BCUT2D eigenvalue weighted by molar-refractivity contribution is 6.42. The van der Waals surface area contributed by atoms with Crippen LogP contribution in [-0.4, -0.2) is 44.1 Å². The standard InChI is InChI=1S/C29H24Cl3N3O7/c1-3-10-41-24-9-6-18(14-25(24)40-2)35-28(38)19(27(37)34-29(35)39)11-16-4-8-23(22(32)12-16)42-15-26(36)33-17-5-7-20(30)21(31)13-17/h4-9,11-14H,3,10,15H2,1-2H3,(H,33,36)(H,34,37,39)/b19-11-. The second kappa shape index (κ2) is 13.6. The smallest absolute Gasteiger partial charge is 0.335 e. The van der Waals surface area contributed by atoms with Gasteiger partial charge in [0.05, 0.1) is 34.5 Å². The van der Waals surface area contributed by atoms with E-state index in [1.54, 1.807) is 18.2 Å². The predicted molar refractivity (Wildman–Crippen MR) is 160 cm³/mol. The lowest BCUT2D eigenvalue weighted by Crippen LogP contribution is -2.54. The number of nitrogens with zero attached hydrogens (tertiary/aromatic N) is 1. The van der Waals surface area contributed by atoms with Gasteiger partial charge in [0.15, 0.2) is 18.1 Å². The zero-order valence-corrected chi connectivity index (χ0v) is 24.6. The fourth-order valence-electron chi connectivity index (χ4n) is 3.82. The number of nitrogens with one attached hydrogen (secondary N) is 2. The Balaban J connectivity index is 1.48. The number of imide groups is 2. The topological polar surface area (TPSA) is 123 Å². The average Bonchev–Trinajstić information content (AvgIpc) is 2.95. The minimum atomic E-state index is -0.910. The van der Waals surface area contributed by atoms with E-state index in [9.17, 15) is 19.2 Å². The van der Waals surface area contributed by atoms with Gasteiger partial charge in [-0.05, 0) is 60.5 Å². The van der Waals surface area contributed by atoms with Crippen molar-refractivity contribution in [2.24, 2.45) is 0 Å². The molecule has 0 spiro atoms. The summed E-state index contributed by atoms with van der Waals surface area (Å²) in [6.07, 6.45) is 2.07. The van der Waals surface area contributed by atoms with Crippen molar-refractivity contribution in [1.29, 1.82) is 0 Å². The van der Waals surface area contributed by atoms with Crippen molar-refractivity contribution in [2.75, 3.05) is 30.5 Å². The Hall–Kier alpha value is -4.25. The van der Waals surface area contributed by atoms with Gasteiger partial charge in [-0.2, -0.15) is 0 Å². The van der Waals surface area contributed by atoms with Crippen LogP contribution in [0.1, 0.15) is 18.9 Å². The van der Waals surface area contributed by atoms with Gasteiger partial charge < -0.3 is 19.5 Å². The molecule has 1 aliphatic heterocycles. The van der Waals surface area contributed by atoms with Crippen LogP contribution in [0.5, 0.6) is 17.2 Å². The normalized spacial score (nSPS) is 14.1. The number of urea groups is 1. The number of halogens is 3. The maximum atomic E-state index is 13.3. The van der Waals surface area contributed by atoms with Gasteiger partial charge in [0.1, 0.15) is 11.3 Å². The van der Waals surface area contributed by atoms with Crippen LogP contribution in [0.25, 0.3) is 6.08 Å². The summed E-state index contributed by atoms with van der Waals surface area (Å²) < 4.78 is 16.5. The van der Waals surface area contributed by atoms with E-state index in [0.29, 0.717) is 34.4 Å². The van der Waals surface area contributed by atoms with Crippen LogP contribution < -0.4 is 29.7 Å². The first-order valence-corrected chi connectivity index (χ1v) is 13.6. The largest absolute Gasteiger partial charge is 0.493 e. The van der Waals surface area contributed by atoms with Gasteiger partial charge in [-0.3, -0.25) is 19.7 Å².